The molecule has 336 valence electrons. The molecule has 1 saturated carbocycles. The predicted molar refractivity (Wildman–Crippen MR) is 220 cm³/mol. The molecule has 61 heavy (non-hydrogen) atoms. The van der Waals surface area contributed by atoms with Crippen LogP contribution >= 0.6 is 0 Å². The van der Waals surface area contributed by atoms with Crippen molar-refractivity contribution >= 4 is 23.3 Å². The summed E-state index contributed by atoms with van der Waals surface area (Å²) in [5.74, 6) is -3.89. The van der Waals surface area contributed by atoms with Gasteiger partial charge in [0.1, 0.15) is 35.6 Å². The van der Waals surface area contributed by atoms with Gasteiger partial charge in [-0.3, -0.25) is 19.2 Å². The highest BCUT2D eigenvalue weighted by Gasteiger charge is 2.50. The summed E-state index contributed by atoms with van der Waals surface area (Å²) in [5, 5.41) is 80.9. The third kappa shape index (κ3) is 9.53. The highest BCUT2D eigenvalue weighted by Crippen LogP contribution is 2.52. The van der Waals surface area contributed by atoms with Crippen LogP contribution in [-0.2, 0) is 25.5 Å². The fourth-order valence-corrected chi connectivity index (χ4v) is 10.2. The SMILES string of the molecule is CCC1CCCCCCCC(CC(=O)NC2C[C@H](O[C@H]3C[C@](O)(C(=O)CO)Cc4c(O)c5c(c(O)c43)C(=O)c3c(OC)cccc3C5=O)OC(C)[C@H]2O)(C(O)O)CCCCC1. The van der Waals surface area contributed by atoms with Gasteiger partial charge in [-0.2, -0.15) is 0 Å². The summed E-state index contributed by atoms with van der Waals surface area (Å²) in [5.41, 5.74) is -5.17. The maximum atomic E-state index is 14.0. The summed E-state index contributed by atoms with van der Waals surface area (Å²) in [6, 6.07) is 3.35. The lowest BCUT2D eigenvalue weighted by atomic mass is 9.72. The Morgan fingerprint density at radius 2 is 1.57 bits per heavy atom. The largest absolute Gasteiger partial charge is 0.507 e. The number of benzene rings is 2. The number of carbonyl (C=O) groups excluding carboxylic acids is 4. The predicted octanol–water partition coefficient (Wildman–Crippen LogP) is 4.57. The van der Waals surface area contributed by atoms with E-state index in [1.807, 2.05) is 0 Å². The summed E-state index contributed by atoms with van der Waals surface area (Å²) in [6.07, 6.45) is 3.74. The number of hydrogen-bond donors (Lipinski definition) is 8. The second kappa shape index (κ2) is 19.6. The Morgan fingerprint density at radius 3 is 2.21 bits per heavy atom. The van der Waals surface area contributed by atoms with Gasteiger partial charge in [-0.1, -0.05) is 89.7 Å². The molecule has 0 bridgehead atoms. The van der Waals surface area contributed by atoms with E-state index in [2.05, 4.69) is 12.2 Å². The first kappa shape index (κ1) is 46.5. The van der Waals surface area contributed by atoms with Gasteiger partial charge in [0.05, 0.1) is 42.0 Å². The Balaban J connectivity index is 1.26. The lowest BCUT2D eigenvalue weighted by Gasteiger charge is -2.43. The average Bonchev–Trinajstić information content (AvgIpc) is 3.23. The molecular formula is C46H63NO14. The maximum Gasteiger partial charge on any atom is 0.221 e. The van der Waals surface area contributed by atoms with E-state index in [1.54, 1.807) is 6.92 Å². The fourth-order valence-electron chi connectivity index (χ4n) is 10.2. The van der Waals surface area contributed by atoms with Crippen molar-refractivity contribution in [2.75, 3.05) is 13.7 Å². The molecule has 1 saturated heterocycles. The number of methoxy groups -OCH3 is 1. The van der Waals surface area contributed by atoms with Crippen molar-refractivity contribution in [3.63, 3.8) is 0 Å². The molecule has 15 nitrogen and oxygen atoms in total. The molecule has 8 atom stereocenters. The van der Waals surface area contributed by atoms with Crippen LogP contribution in [0.2, 0.25) is 0 Å². The molecule has 2 aromatic carbocycles. The van der Waals surface area contributed by atoms with Gasteiger partial charge in [0, 0.05) is 47.8 Å². The molecular weight excluding hydrogens is 790 g/mol. The molecule has 1 heterocycles. The lowest BCUT2D eigenvalue weighted by molar-refractivity contribution is -0.249. The standard InChI is InChI=1S/C46H63NO14/c1-4-26-14-9-6-5-7-11-18-45(44(56)57,19-12-8-10-15-26)23-33(50)47-29-20-34(60-25(2)39(29)51)61-31-22-46(58,32(49)24-48)21-28-36(31)43(55)38-37(41(28)53)40(52)27-16-13-17-30(59-3)35(27)42(38)54/h13,16-17,25-26,29,31,34,39,44,48,51,53,55-58H,4-12,14-15,18-24H2,1-3H3,(H,47,50)/t25?,26?,29?,31-,34-,39+,45?,46-/m0/s1. The van der Waals surface area contributed by atoms with Crippen molar-refractivity contribution in [1.82, 2.24) is 5.32 Å². The zero-order valence-electron chi connectivity index (χ0n) is 35.5. The Kier molecular flexibility index (Phi) is 15.0. The highest BCUT2D eigenvalue weighted by atomic mass is 16.7. The minimum atomic E-state index is -2.36. The number of phenols is 2. The summed E-state index contributed by atoms with van der Waals surface area (Å²) in [6.45, 7) is 2.70. The van der Waals surface area contributed by atoms with Crippen LogP contribution in [0.4, 0.5) is 0 Å². The Labute approximate surface area is 356 Å². The number of aliphatic hydroxyl groups is 5. The number of ketones is 3. The number of Topliss-reactive ketones (excluding diaryl/α,β-unsaturated/α-hetero) is 1. The minimum absolute atomic E-state index is 0.0618. The van der Waals surface area contributed by atoms with Crippen LogP contribution in [0.1, 0.15) is 166 Å². The van der Waals surface area contributed by atoms with Gasteiger partial charge in [-0.05, 0) is 31.7 Å². The number of amides is 1. The molecule has 4 aliphatic rings. The summed E-state index contributed by atoms with van der Waals surface area (Å²) >= 11 is 0. The van der Waals surface area contributed by atoms with Crippen LogP contribution in [0.5, 0.6) is 17.2 Å². The van der Waals surface area contributed by atoms with Gasteiger partial charge in [0.2, 0.25) is 11.7 Å². The molecule has 2 aromatic rings. The Hall–Kier alpha value is -3.96. The van der Waals surface area contributed by atoms with Crippen LogP contribution in [0, 0.1) is 11.3 Å². The number of aromatic hydroxyl groups is 2. The van der Waals surface area contributed by atoms with E-state index in [9.17, 15) is 54.9 Å². The first-order valence-electron chi connectivity index (χ1n) is 22.0. The maximum absolute atomic E-state index is 14.0. The number of aliphatic hydroxyl groups excluding tert-OH is 3. The zero-order chi connectivity index (χ0) is 44.2. The lowest BCUT2D eigenvalue weighted by Crippen LogP contribution is -2.56. The molecule has 1 aliphatic heterocycles. The number of phenolic OH excluding ortho intramolecular Hbond substituents is 2. The first-order chi connectivity index (χ1) is 29.1. The third-order valence-corrected chi connectivity index (χ3v) is 13.8. The smallest absolute Gasteiger partial charge is 0.221 e. The molecule has 15 heteroatoms. The van der Waals surface area contributed by atoms with Gasteiger partial charge in [-0.25, -0.2) is 0 Å². The average molecular weight is 854 g/mol. The number of rotatable bonds is 10. The van der Waals surface area contributed by atoms with E-state index in [-0.39, 0.29) is 40.8 Å². The van der Waals surface area contributed by atoms with Crippen molar-refractivity contribution in [2.24, 2.45) is 11.3 Å². The van der Waals surface area contributed by atoms with Crippen molar-refractivity contribution in [3.8, 4) is 17.2 Å². The van der Waals surface area contributed by atoms with Crippen LogP contribution in [0.25, 0.3) is 0 Å². The van der Waals surface area contributed by atoms with Gasteiger partial charge >= 0.3 is 0 Å². The van der Waals surface area contributed by atoms with Crippen molar-refractivity contribution in [2.45, 2.75) is 166 Å². The van der Waals surface area contributed by atoms with Crippen molar-refractivity contribution in [1.29, 1.82) is 0 Å². The Morgan fingerprint density at radius 1 is 0.934 bits per heavy atom. The molecule has 8 N–H and O–H groups in total. The highest BCUT2D eigenvalue weighted by molar-refractivity contribution is 6.31. The number of fused-ring (bicyclic) bond motifs is 3. The van der Waals surface area contributed by atoms with E-state index < -0.39 is 113 Å². The molecule has 2 fully saturated rings. The zero-order valence-corrected chi connectivity index (χ0v) is 35.5. The molecule has 4 unspecified atom stereocenters. The van der Waals surface area contributed by atoms with Crippen molar-refractivity contribution in [3.05, 3.63) is 51.6 Å². The van der Waals surface area contributed by atoms with E-state index >= 15 is 0 Å². The molecule has 6 rings (SSSR count). The molecule has 0 aromatic heterocycles. The summed E-state index contributed by atoms with van der Waals surface area (Å²) in [4.78, 5) is 54.9. The van der Waals surface area contributed by atoms with Gasteiger partial charge < -0.3 is 55.3 Å². The Bertz CT molecular complexity index is 1950. The minimum Gasteiger partial charge on any atom is -0.507 e. The van der Waals surface area contributed by atoms with E-state index in [0.29, 0.717) is 18.8 Å². The van der Waals surface area contributed by atoms with Gasteiger partial charge in [0.25, 0.3) is 0 Å². The second-order valence-corrected chi connectivity index (χ2v) is 17.8. The normalized spacial score (nSPS) is 30.1. The van der Waals surface area contributed by atoms with Crippen LogP contribution < -0.4 is 10.1 Å². The number of hydrogen-bond acceptors (Lipinski definition) is 14. The van der Waals surface area contributed by atoms with Crippen LogP contribution in [-0.4, -0.2) is 109 Å². The number of carbonyl (C=O) groups is 4. The third-order valence-electron chi connectivity index (χ3n) is 13.8. The quantitative estimate of drug-likeness (QED) is 0.103. The first-order valence-corrected chi connectivity index (χ1v) is 22.0. The number of ether oxygens (including phenoxy) is 3. The topological polar surface area (TPSA) is 250 Å². The van der Waals surface area contributed by atoms with E-state index in [4.69, 9.17) is 14.2 Å². The number of nitrogens with one attached hydrogen (secondary N) is 1. The molecule has 0 spiro atoms. The summed E-state index contributed by atoms with van der Waals surface area (Å²) < 4.78 is 17.7. The van der Waals surface area contributed by atoms with Crippen molar-refractivity contribution < 1.29 is 69.1 Å². The monoisotopic (exact) mass is 853 g/mol. The molecule has 0 radical (unpaired) electrons. The fraction of sp³-hybridized carbons (Fsp3) is 0.652. The van der Waals surface area contributed by atoms with Crippen LogP contribution in [0.3, 0.4) is 0 Å². The van der Waals surface area contributed by atoms with Gasteiger partial charge in [-0.15, -0.1) is 0 Å². The van der Waals surface area contributed by atoms with Gasteiger partial charge in [0.15, 0.2) is 24.1 Å². The molecule has 3 aliphatic carbocycles. The van der Waals surface area contributed by atoms with Crippen LogP contribution in [0.15, 0.2) is 18.2 Å². The van der Waals surface area contributed by atoms with E-state index in [1.165, 1.54) is 38.2 Å². The summed E-state index contributed by atoms with van der Waals surface area (Å²) in [7, 11) is 1.31. The molecule has 1 amide bonds. The second-order valence-electron chi connectivity index (χ2n) is 17.8. The van der Waals surface area contributed by atoms with E-state index in [0.717, 1.165) is 57.8 Å².